The van der Waals surface area contributed by atoms with Crippen LogP contribution >= 0.6 is 0 Å². The van der Waals surface area contributed by atoms with Gasteiger partial charge in [0.05, 0.1) is 0 Å². The first-order valence-electron chi connectivity index (χ1n) is 13.3. The maximum absolute atomic E-state index is 6.98. The summed E-state index contributed by atoms with van der Waals surface area (Å²) in [6.07, 6.45) is 2.75. The molecule has 39 heavy (non-hydrogen) atoms. The summed E-state index contributed by atoms with van der Waals surface area (Å²) in [6, 6.07) is 24.3. The Morgan fingerprint density at radius 1 is 0.385 bits per heavy atom. The summed E-state index contributed by atoms with van der Waals surface area (Å²) < 4.78 is 44.6. The van der Waals surface area contributed by atoms with Gasteiger partial charge >= 0.3 is 26.4 Å². The molecular formula is C29H42O7Si3. The molecule has 0 radical (unpaired) electrons. The van der Waals surface area contributed by atoms with E-state index in [1.807, 2.05) is 36.4 Å². The molecule has 0 N–H and O–H groups in total. The van der Waals surface area contributed by atoms with Gasteiger partial charge in [0.2, 0.25) is 0 Å². The number of hydrogen-bond donors (Lipinski definition) is 0. The fraction of sp³-hybridized carbons (Fsp3) is 0.379. The molecule has 0 saturated heterocycles. The lowest BCUT2D eigenvalue weighted by molar-refractivity contribution is 0.0919. The Kier molecular flexibility index (Phi) is 11.4. The van der Waals surface area contributed by atoms with Crippen molar-refractivity contribution in [3.8, 4) is 0 Å². The van der Waals surface area contributed by atoms with E-state index in [1.165, 1.54) is 16.7 Å². The number of rotatable bonds is 15. The lowest BCUT2D eigenvalue weighted by atomic mass is 10.2. The summed E-state index contributed by atoms with van der Waals surface area (Å²) >= 11 is 0. The largest absolute Gasteiger partial charge is 0.529 e. The summed E-state index contributed by atoms with van der Waals surface area (Å²) in [6.45, 7) is 6.35. The molecule has 0 saturated carbocycles. The van der Waals surface area contributed by atoms with Crippen molar-refractivity contribution in [1.29, 1.82) is 0 Å². The van der Waals surface area contributed by atoms with Gasteiger partial charge in [-0.05, 0) is 36.0 Å². The average Bonchev–Trinajstić information content (AvgIpc) is 3.02. The van der Waals surface area contributed by atoms with Gasteiger partial charge in [0.25, 0.3) is 0 Å². The van der Waals surface area contributed by atoms with Gasteiger partial charge in [0.15, 0.2) is 0 Å². The second-order valence-corrected chi connectivity index (χ2v) is 17.8. The Morgan fingerprint density at radius 2 is 0.615 bits per heavy atom. The van der Waals surface area contributed by atoms with E-state index in [-0.39, 0.29) is 0 Å². The zero-order valence-corrected chi connectivity index (χ0v) is 27.4. The van der Waals surface area contributed by atoms with E-state index in [2.05, 4.69) is 57.2 Å². The number of benzene rings is 3. The minimum Gasteiger partial charge on any atom is -0.374 e. The second-order valence-electron chi connectivity index (χ2n) is 9.04. The lowest BCUT2D eigenvalue weighted by Gasteiger charge is -2.40. The Bertz CT molecular complexity index is 1080. The van der Waals surface area contributed by atoms with Crippen LogP contribution in [0.1, 0.15) is 37.5 Å². The van der Waals surface area contributed by atoms with Crippen LogP contribution in [0.25, 0.3) is 0 Å². The summed E-state index contributed by atoms with van der Waals surface area (Å²) in [5, 5.41) is 2.37. The molecule has 0 bridgehead atoms. The molecule has 212 valence electrons. The van der Waals surface area contributed by atoms with Crippen molar-refractivity contribution in [2.24, 2.45) is 0 Å². The molecule has 0 aliphatic carbocycles. The lowest BCUT2D eigenvalue weighted by Crippen LogP contribution is -2.73. The molecule has 0 aliphatic heterocycles. The van der Waals surface area contributed by atoms with Crippen molar-refractivity contribution in [3.63, 3.8) is 0 Å². The predicted octanol–water partition coefficient (Wildman–Crippen LogP) is 3.48. The van der Waals surface area contributed by atoms with E-state index in [4.69, 9.17) is 30.4 Å². The summed E-state index contributed by atoms with van der Waals surface area (Å²) in [4.78, 5) is 0. The van der Waals surface area contributed by atoms with Crippen molar-refractivity contribution < 1.29 is 30.4 Å². The Hall–Kier alpha value is -1.97. The molecule has 7 nitrogen and oxygen atoms in total. The van der Waals surface area contributed by atoms with Gasteiger partial charge in [0, 0.05) is 51.1 Å². The standard InChI is InChI=1S/C29H42O7Si3/c1-9-24-12-18-27(19-13-24)37(30-4,31-5)35-39(34-8,29-22-16-26(11-3)17-23-29)36-38(32-6,33-7)28-20-14-25(10-2)15-21-28/h12-23H,9-11H2,1-8H3. The van der Waals surface area contributed by atoms with Crippen LogP contribution in [-0.4, -0.2) is 62.0 Å². The SMILES string of the molecule is CCc1ccc([Si](OC)(OC)O[Si](OC)(O[Si](OC)(OC)c2ccc(CC)cc2)c2ccc(CC)cc2)cc1. The maximum Gasteiger partial charge on any atom is 0.529 e. The highest BCUT2D eigenvalue weighted by Crippen LogP contribution is 2.24. The molecular weight excluding hydrogens is 545 g/mol. The molecule has 0 aromatic heterocycles. The highest BCUT2D eigenvalue weighted by atomic mass is 28.5. The maximum atomic E-state index is 6.98. The van der Waals surface area contributed by atoms with Gasteiger partial charge in [0.1, 0.15) is 0 Å². The van der Waals surface area contributed by atoms with Gasteiger partial charge in [-0.3, -0.25) is 0 Å². The van der Waals surface area contributed by atoms with Crippen LogP contribution in [0.15, 0.2) is 72.8 Å². The predicted molar refractivity (Wildman–Crippen MR) is 161 cm³/mol. The van der Waals surface area contributed by atoms with E-state index < -0.39 is 26.4 Å². The van der Waals surface area contributed by atoms with Crippen molar-refractivity contribution in [2.45, 2.75) is 40.0 Å². The van der Waals surface area contributed by atoms with Crippen molar-refractivity contribution >= 4 is 42.0 Å². The molecule has 0 spiro atoms. The van der Waals surface area contributed by atoms with Crippen molar-refractivity contribution in [3.05, 3.63) is 89.5 Å². The van der Waals surface area contributed by atoms with Crippen LogP contribution in [0.3, 0.4) is 0 Å². The number of hydrogen-bond acceptors (Lipinski definition) is 7. The highest BCUT2D eigenvalue weighted by molar-refractivity contribution is 6.93. The molecule has 0 fully saturated rings. The van der Waals surface area contributed by atoms with Crippen LogP contribution in [0.4, 0.5) is 0 Å². The van der Waals surface area contributed by atoms with E-state index >= 15 is 0 Å². The quantitative estimate of drug-likeness (QED) is 0.253. The summed E-state index contributed by atoms with van der Waals surface area (Å²) in [7, 11) is -2.91. The smallest absolute Gasteiger partial charge is 0.374 e. The van der Waals surface area contributed by atoms with Crippen molar-refractivity contribution in [2.75, 3.05) is 35.5 Å². The zero-order chi connectivity index (χ0) is 28.5. The van der Waals surface area contributed by atoms with Gasteiger partial charge in [-0.25, -0.2) is 0 Å². The Labute approximate surface area is 237 Å². The highest BCUT2D eigenvalue weighted by Gasteiger charge is 2.61. The molecule has 3 aromatic rings. The van der Waals surface area contributed by atoms with Crippen LogP contribution in [0, 0.1) is 0 Å². The van der Waals surface area contributed by atoms with E-state index in [9.17, 15) is 0 Å². The monoisotopic (exact) mass is 586 g/mol. The summed E-state index contributed by atoms with van der Waals surface area (Å²) in [5.41, 5.74) is 3.60. The molecule has 3 rings (SSSR count). The third-order valence-electron chi connectivity index (χ3n) is 7.03. The first-order chi connectivity index (χ1) is 18.8. The molecule has 10 heteroatoms. The first kappa shape index (κ1) is 31.6. The fourth-order valence-corrected chi connectivity index (χ4v) is 14.9. The van der Waals surface area contributed by atoms with Crippen LogP contribution in [-0.2, 0) is 49.6 Å². The minimum absolute atomic E-state index is 0.759. The molecule has 0 atom stereocenters. The van der Waals surface area contributed by atoms with Crippen molar-refractivity contribution in [1.82, 2.24) is 0 Å². The second kappa shape index (κ2) is 14.1. The third-order valence-corrected chi connectivity index (χ3v) is 17.1. The summed E-state index contributed by atoms with van der Waals surface area (Å²) in [5.74, 6) is 0. The van der Waals surface area contributed by atoms with Crippen LogP contribution in [0.2, 0.25) is 0 Å². The number of aryl methyl sites for hydroxylation is 3. The third kappa shape index (κ3) is 6.68. The molecule has 3 aromatic carbocycles. The van der Waals surface area contributed by atoms with E-state index in [1.54, 1.807) is 35.5 Å². The molecule has 0 aliphatic rings. The van der Waals surface area contributed by atoms with Crippen LogP contribution < -0.4 is 15.6 Å². The minimum atomic E-state index is -3.82. The first-order valence-corrected chi connectivity index (χ1v) is 18.4. The van der Waals surface area contributed by atoms with Crippen LogP contribution in [0.5, 0.6) is 0 Å². The van der Waals surface area contributed by atoms with E-state index in [0.29, 0.717) is 0 Å². The molecule has 0 amide bonds. The van der Waals surface area contributed by atoms with Gasteiger partial charge in [-0.15, -0.1) is 0 Å². The average molecular weight is 587 g/mol. The van der Waals surface area contributed by atoms with Gasteiger partial charge in [-0.2, -0.15) is 0 Å². The normalized spacial score (nSPS) is 12.6. The fourth-order valence-electron chi connectivity index (χ4n) is 4.45. The zero-order valence-electron chi connectivity index (χ0n) is 24.4. The van der Waals surface area contributed by atoms with Gasteiger partial charge in [-0.1, -0.05) is 93.6 Å². The van der Waals surface area contributed by atoms with Gasteiger partial charge < -0.3 is 30.4 Å². The molecule has 0 heterocycles. The topological polar surface area (TPSA) is 64.6 Å². The Morgan fingerprint density at radius 3 is 0.821 bits per heavy atom. The molecule has 0 unspecified atom stereocenters. The van der Waals surface area contributed by atoms with E-state index in [0.717, 1.165) is 34.8 Å². The Balaban J connectivity index is 2.21.